The molecule has 0 aliphatic rings. The van der Waals surface area contributed by atoms with E-state index in [-0.39, 0.29) is 5.56 Å². The van der Waals surface area contributed by atoms with Crippen LogP contribution in [0.2, 0.25) is 0 Å². The zero-order valence-corrected chi connectivity index (χ0v) is 17.2. The van der Waals surface area contributed by atoms with Gasteiger partial charge in [0, 0.05) is 24.4 Å². The highest BCUT2D eigenvalue weighted by Crippen LogP contribution is 2.36. The van der Waals surface area contributed by atoms with E-state index >= 15 is 0 Å². The molecule has 0 heterocycles. The van der Waals surface area contributed by atoms with Crippen molar-refractivity contribution in [1.82, 2.24) is 0 Å². The van der Waals surface area contributed by atoms with E-state index in [0.29, 0.717) is 17.4 Å². The van der Waals surface area contributed by atoms with Gasteiger partial charge >= 0.3 is 6.18 Å². The van der Waals surface area contributed by atoms with Gasteiger partial charge in [-0.1, -0.05) is 42.5 Å². The summed E-state index contributed by atoms with van der Waals surface area (Å²) >= 11 is 1.19. The number of halogens is 3. The van der Waals surface area contributed by atoms with Crippen molar-refractivity contribution < 1.29 is 22.7 Å². The quantitative estimate of drug-likeness (QED) is 0.387. The third kappa shape index (κ3) is 6.01. The maximum Gasteiger partial charge on any atom is 0.417 e. The van der Waals surface area contributed by atoms with Crippen LogP contribution < -0.4 is 15.2 Å². The summed E-state index contributed by atoms with van der Waals surface area (Å²) < 4.78 is 43.6. The average Bonchev–Trinajstić information content (AvgIpc) is 2.78. The number of hydrogen-bond donors (Lipinski definition) is 2. The lowest BCUT2D eigenvalue weighted by Crippen LogP contribution is -2.06. The average molecular weight is 434 g/mol. The van der Waals surface area contributed by atoms with Crippen LogP contribution in [0.15, 0.2) is 71.6 Å². The van der Waals surface area contributed by atoms with Gasteiger partial charge in [-0.25, -0.2) is 0 Å². The zero-order valence-electron chi connectivity index (χ0n) is 16.4. The van der Waals surface area contributed by atoms with E-state index in [0.717, 1.165) is 22.4 Å². The first-order valence-corrected chi connectivity index (χ1v) is 9.66. The monoisotopic (exact) mass is 434 g/mol. The fourth-order valence-electron chi connectivity index (χ4n) is 2.64. The molecule has 4 nitrogen and oxygen atoms in total. The molecular weight excluding hydrogens is 413 g/mol. The number of nitrogens with two attached hydrogens (primary N) is 1. The SMILES string of the molecule is CNc1ccc(SN)c(OC)c1.O=Cc1ccc(-c2ccccc2C(F)(F)F)cc1. The van der Waals surface area contributed by atoms with Crippen LogP contribution in [0.5, 0.6) is 5.75 Å². The number of nitrogens with one attached hydrogen (secondary N) is 1. The minimum atomic E-state index is -4.39. The normalized spacial score (nSPS) is 10.6. The molecule has 0 fully saturated rings. The summed E-state index contributed by atoms with van der Waals surface area (Å²) in [5, 5.41) is 8.46. The molecule has 0 aliphatic heterocycles. The van der Waals surface area contributed by atoms with Gasteiger partial charge in [0.05, 0.1) is 17.6 Å². The maximum absolute atomic E-state index is 12.8. The van der Waals surface area contributed by atoms with Crippen LogP contribution in [0.4, 0.5) is 18.9 Å². The second-order valence-electron chi connectivity index (χ2n) is 6.02. The van der Waals surface area contributed by atoms with Crippen molar-refractivity contribution in [3.8, 4) is 16.9 Å². The standard InChI is InChI=1S/C14H9F3O.C8H12N2OS/c15-14(16,17)13-4-2-1-3-12(13)11-7-5-10(9-18)6-8-11;1-10-6-3-4-8(12-9)7(5-6)11-2/h1-9H;3-5,10H,9H2,1-2H3. The molecule has 8 heteroatoms. The van der Waals surface area contributed by atoms with Gasteiger partial charge in [0.25, 0.3) is 0 Å². The van der Waals surface area contributed by atoms with Crippen molar-refractivity contribution >= 4 is 23.9 Å². The minimum absolute atomic E-state index is 0.113. The molecule has 0 radical (unpaired) electrons. The van der Waals surface area contributed by atoms with Crippen molar-refractivity contribution in [3.05, 3.63) is 77.9 Å². The van der Waals surface area contributed by atoms with Crippen LogP contribution in [0.3, 0.4) is 0 Å². The summed E-state index contributed by atoms with van der Waals surface area (Å²) in [5.74, 6) is 0.800. The Balaban J connectivity index is 0.000000232. The van der Waals surface area contributed by atoms with Gasteiger partial charge in [0.1, 0.15) is 12.0 Å². The van der Waals surface area contributed by atoms with E-state index in [9.17, 15) is 18.0 Å². The number of carbonyl (C=O) groups is 1. The number of carbonyl (C=O) groups excluding carboxylic acids is 1. The highest BCUT2D eigenvalue weighted by atomic mass is 32.2. The molecule has 0 saturated carbocycles. The third-order valence-corrected chi connectivity index (χ3v) is 4.76. The van der Waals surface area contributed by atoms with Crippen LogP contribution in [0.1, 0.15) is 15.9 Å². The Kier molecular flexibility index (Phi) is 8.32. The first-order chi connectivity index (χ1) is 14.3. The number of anilines is 1. The molecule has 3 N–H and O–H groups in total. The van der Waals surface area contributed by atoms with Crippen molar-refractivity contribution in [2.75, 3.05) is 19.5 Å². The van der Waals surface area contributed by atoms with Crippen LogP contribution in [0, 0.1) is 0 Å². The molecule has 3 aromatic carbocycles. The Hall–Kier alpha value is -2.97. The summed E-state index contributed by atoms with van der Waals surface area (Å²) in [7, 11) is 3.50. The molecule has 0 saturated heterocycles. The molecule has 0 atom stereocenters. The van der Waals surface area contributed by atoms with E-state index in [4.69, 9.17) is 9.88 Å². The maximum atomic E-state index is 12.8. The summed E-state index contributed by atoms with van der Waals surface area (Å²) in [4.78, 5) is 11.4. The van der Waals surface area contributed by atoms with Crippen molar-refractivity contribution in [1.29, 1.82) is 0 Å². The first kappa shape index (κ1) is 23.3. The van der Waals surface area contributed by atoms with Crippen molar-refractivity contribution in [2.24, 2.45) is 5.14 Å². The Morgan fingerprint density at radius 1 is 1.03 bits per heavy atom. The summed E-state index contributed by atoms with van der Waals surface area (Å²) in [6.07, 6.45) is -3.74. The van der Waals surface area contributed by atoms with Crippen molar-refractivity contribution in [2.45, 2.75) is 11.1 Å². The van der Waals surface area contributed by atoms with Gasteiger partial charge in [-0.05, 0) is 41.3 Å². The summed E-state index contributed by atoms with van der Waals surface area (Å²) in [6.45, 7) is 0. The highest BCUT2D eigenvalue weighted by molar-refractivity contribution is 7.97. The number of aldehydes is 1. The Morgan fingerprint density at radius 2 is 1.70 bits per heavy atom. The van der Waals surface area contributed by atoms with Crippen molar-refractivity contribution in [3.63, 3.8) is 0 Å². The van der Waals surface area contributed by atoms with Gasteiger partial charge < -0.3 is 10.1 Å². The molecule has 30 heavy (non-hydrogen) atoms. The predicted octanol–water partition coefficient (Wildman–Crippen LogP) is 5.89. The van der Waals surface area contributed by atoms with Crippen LogP contribution >= 0.6 is 11.9 Å². The fourth-order valence-corrected chi connectivity index (χ4v) is 3.05. The number of ether oxygens (including phenoxy) is 1. The van der Waals surface area contributed by atoms with Gasteiger partial charge in [-0.3, -0.25) is 9.93 Å². The topological polar surface area (TPSA) is 64.3 Å². The second kappa shape index (κ2) is 10.7. The third-order valence-electron chi connectivity index (χ3n) is 4.17. The Bertz CT molecular complexity index is 977. The number of methoxy groups -OCH3 is 1. The summed E-state index contributed by atoms with van der Waals surface area (Å²) in [6, 6.07) is 17.2. The Labute approximate surface area is 177 Å². The Morgan fingerprint density at radius 3 is 2.23 bits per heavy atom. The number of rotatable bonds is 5. The molecule has 0 amide bonds. The second-order valence-corrected chi connectivity index (χ2v) is 6.69. The van der Waals surface area contributed by atoms with Gasteiger partial charge in [0.2, 0.25) is 0 Å². The van der Waals surface area contributed by atoms with E-state index in [1.807, 2.05) is 25.2 Å². The number of benzene rings is 3. The fraction of sp³-hybridized carbons (Fsp3) is 0.136. The molecular formula is C22H21F3N2O2S. The van der Waals surface area contributed by atoms with Crippen LogP contribution in [-0.2, 0) is 6.18 Å². The number of alkyl halides is 3. The van der Waals surface area contributed by atoms with Gasteiger partial charge in [-0.15, -0.1) is 0 Å². The zero-order chi connectivity index (χ0) is 22.1. The lowest BCUT2D eigenvalue weighted by Gasteiger charge is -2.12. The highest BCUT2D eigenvalue weighted by Gasteiger charge is 2.33. The molecule has 0 aliphatic carbocycles. The predicted molar refractivity (Wildman–Crippen MR) is 115 cm³/mol. The van der Waals surface area contributed by atoms with Gasteiger partial charge in [0.15, 0.2) is 0 Å². The molecule has 0 spiro atoms. The lowest BCUT2D eigenvalue weighted by atomic mass is 9.98. The smallest absolute Gasteiger partial charge is 0.417 e. The van der Waals surface area contributed by atoms with Crippen LogP contribution in [-0.4, -0.2) is 20.4 Å². The molecule has 3 rings (SSSR count). The van der Waals surface area contributed by atoms with E-state index in [1.54, 1.807) is 13.2 Å². The first-order valence-electron chi connectivity index (χ1n) is 8.78. The molecule has 3 aromatic rings. The largest absolute Gasteiger partial charge is 0.495 e. The van der Waals surface area contributed by atoms with E-state index < -0.39 is 11.7 Å². The van der Waals surface area contributed by atoms with E-state index in [2.05, 4.69) is 5.32 Å². The van der Waals surface area contributed by atoms with Crippen LogP contribution in [0.25, 0.3) is 11.1 Å². The summed E-state index contributed by atoms with van der Waals surface area (Å²) in [5.41, 5.74) is 1.33. The molecule has 0 unspecified atom stereocenters. The molecule has 158 valence electrons. The molecule has 0 bridgehead atoms. The molecule has 0 aromatic heterocycles. The van der Waals surface area contributed by atoms with Gasteiger partial charge in [-0.2, -0.15) is 13.2 Å². The van der Waals surface area contributed by atoms with E-state index in [1.165, 1.54) is 48.3 Å². The number of hydrogen-bond acceptors (Lipinski definition) is 5. The lowest BCUT2D eigenvalue weighted by molar-refractivity contribution is -0.137. The minimum Gasteiger partial charge on any atom is -0.495 e.